The maximum absolute atomic E-state index is 12.3. The van der Waals surface area contributed by atoms with Crippen molar-refractivity contribution in [3.63, 3.8) is 0 Å². The molecule has 2 aromatic rings. The van der Waals surface area contributed by atoms with Gasteiger partial charge < -0.3 is 20.1 Å². The summed E-state index contributed by atoms with van der Waals surface area (Å²) in [4.78, 5) is 36.2. The Morgan fingerprint density at radius 3 is 2.62 bits per heavy atom. The minimum Gasteiger partial charge on any atom is -0.483 e. The molecule has 9 nitrogen and oxygen atoms in total. The quantitative estimate of drug-likeness (QED) is 0.275. The third-order valence-electron chi connectivity index (χ3n) is 4.93. The van der Waals surface area contributed by atoms with Gasteiger partial charge in [0.2, 0.25) is 0 Å². The lowest BCUT2D eigenvalue weighted by Crippen LogP contribution is -2.41. The van der Waals surface area contributed by atoms with Crippen LogP contribution in [0.5, 0.6) is 5.75 Å². The molecule has 2 aromatic carbocycles. The van der Waals surface area contributed by atoms with Gasteiger partial charge in [-0.25, -0.2) is 5.43 Å². The first-order valence-corrected chi connectivity index (χ1v) is 11.6. The molecule has 1 heterocycles. The first kappa shape index (κ1) is 25.4. The molecule has 0 aliphatic carbocycles. The predicted octanol–water partition coefficient (Wildman–Crippen LogP) is 2.83. The second kappa shape index (κ2) is 12.3. The Labute approximate surface area is 206 Å². The number of carbonyl (C=O) groups excluding carboxylic acids is 3. The molecule has 1 saturated heterocycles. The van der Waals surface area contributed by atoms with Gasteiger partial charge in [-0.2, -0.15) is 5.10 Å². The SMILES string of the molecule is Cc1cc(C)cc(NC(=O)COc2ccc(Br)cc2/C=N\NC(=O)C(=O)NC[C@H]2CCCO2)c1. The summed E-state index contributed by atoms with van der Waals surface area (Å²) in [6.07, 6.45) is 3.08. The van der Waals surface area contributed by atoms with Gasteiger partial charge in [0.05, 0.1) is 12.3 Å². The molecule has 0 aromatic heterocycles. The number of hydrogen-bond donors (Lipinski definition) is 3. The van der Waals surface area contributed by atoms with Crippen LogP contribution in [0.15, 0.2) is 46.0 Å². The van der Waals surface area contributed by atoms with Crippen molar-refractivity contribution in [2.45, 2.75) is 32.8 Å². The summed E-state index contributed by atoms with van der Waals surface area (Å²) in [6.45, 7) is 4.65. The Hall–Kier alpha value is -3.24. The van der Waals surface area contributed by atoms with Crippen LogP contribution in [0.25, 0.3) is 0 Å². The fourth-order valence-electron chi connectivity index (χ4n) is 3.44. The largest absolute Gasteiger partial charge is 0.483 e. The zero-order valence-electron chi connectivity index (χ0n) is 19.0. The molecule has 0 bridgehead atoms. The summed E-state index contributed by atoms with van der Waals surface area (Å²) in [5.74, 6) is -1.60. The van der Waals surface area contributed by atoms with Crippen LogP contribution in [0, 0.1) is 13.8 Å². The number of aryl methyl sites for hydroxylation is 2. The van der Waals surface area contributed by atoms with Crippen LogP contribution >= 0.6 is 15.9 Å². The molecular weight excluding hydrogens is 504 g/mol. The summed E-state index contributed by atoms with van der Waals surface area (Å²) in [5, 5.41) is 9.18. The monoisotopic (exact) mass is 530 g/mol. The number of benzene rings is 2. The van der Waals surface area contributed by atoms with Crippen LogP contribution in [-0.2, 0) is 19.1 Å². The summed E-state index contributed by atoms with van der Waals surface area (Å²) in [7, 11) is 0. The Bertz CT molecular complexity index is 1060. The lowest BCUT2D eigenvalue weighted by molar-refractivity contribution is -0.139. The third-order valence-corrected chi connectivity index (χ3v) is 5.42. The van der Waals surface area contributed by atoms with Crippen molar-refractivity contribution in [3.05, 3.63) is 57.6 Å². The molecule has 1 fully saturated rings. The van der Waals surface area contributed by atoms with E-state index in [1.54, 1.807) is 18.2 Å². The molecule has 1 aliphatic heterocycles. The van der Waals surface area contributed by atoms with E-state index in [0.717, 1.165) is 28.4 Å². The van der Waals surface area contributed by atoms with Gasteiger partial charge in [0, 0.05) is 28.9 Å². The second-order valence-electron chi connectivity index (χ2n) is 7.94. The third kappa shape index (κ3) is 7.96. The zero-order chi connectivity index (χ0) is 24.5. The van der Waals surface area contributed by atoms with Crippen molar-refractivity contribution < 1.29 is 23.9 Å². The average Bonchev–Trinajstić information content (AvgIpc) is 3.30. The Kier molecular flexibility index (Phi) is 9.17. The van der Waals surface area contributed by atoms with Crippen LogP contribution in [-0.4, -0.2) is 49.8 Å². The molecule has 3 amide bonds. The average molecular weight is 531 g/mol. The smallest absolute Gasteiger partial charge is 0.329 e. The molecule has 3 rings (SSSR count). The van der Waals surface area contributed by atoms with Crippen molar-refractivity contribution in [1.29, 1.82) is 0 Å². The van der Waals surface area contributed by atoms with Gasteiger partial charge >= 0.3 is 11.8 Å². The highest BCUT2D eigenvalue weighted by Crippen LogP contribution is 2.22. The van der Waals surface area contributed by atoms with Crippen LogP contribution < -0.4 is 20.8 Å². The molecule has 1 aliphatic rings. The lowest BCUT2D eigenvalue weighted by atomic mass is 10.1. The Morgan fingerprint density at radius 2 is 1.91 bits per heavy atom. The molecule has 34 heavy (non-hydrogen) atoms. The molecule has 10 heteroatoms. The van der Waals surface area contributed by atoms with Crippen molar-refractivity contribution in [1.82, 2.24) is 10.7 Å². The summed E-state index contributed by atoms with van der Waals surface area (Å²) < 4.78 is 11.8. The first-order valence-electron chi connectivity index (χ1n) is 10.8. The van der Waals surface area contributed by atoms with E-state index in [2.05, 4.69) is 37.1 Å². The number of nitrogens with one attached hydrogen (secondary N) is 3. The minimum atomic E-state index is -0.889. The number of hydrogen-bond acceptors (Lipinski definition) is 6. The summed E-state index contributed by atoms with van der Waals surface area (Å²) >= 11 is 3.37. The maximum Gasteiger partial charge on any atom is 0.329 e. The number of rotatable bonds is 8. The number of hydrazone groups is 1. The highest BCUT2D eigenvalue weighted by atomic mass is 79.9. The van der Waals surface area contributed by atoms with Gasteiger partial charge in [-0.1, -0.05) is 22.0 Å². The van der Waals surface area contributed by atoms with E-state index in [1.807, 2.05) is 32.0 Å². The molecule has 0 unspecified atom stereocenters. The minimum absolute atomic E-state index is 0.0613. The molecule has 180 valence electrons. The van der Waals surface area contributed by atoms with E-state index in [-0.39, 0.29) is 25.2 Å². The fraction of sp³-hybridized carbons (Fsp3) is 0.333. The second-order valence-corrected chi connectivity index (χ2v) is 8.86. The first-order chi connectivity index (χ1) is 16.3. The molecule has 0 spiro atoms. The van der Waals surface area contributed by atoms with Gasteiger partial charge in [0.15, 0.2) is 6.61 Å². The number of halogens is 1. The van der Waals surface area contributed by atoms with Crippen molar-refractivity contribution in [2.24, 2.45) is 5.10 Å². The fourth-order valence-corrected chi connectivity index (χ4v) is 3.82. The number of amides is 3. The number of nitrogens with zero attached hydrogens (tertiary/aromatic N) is 1. The van der Waals surface area contributed by atoms with Gasteiger partial charge in [-0.05, 0) is 68.1 Å². The Morgan fingerprint density at radius 1 is 1.15 bits per heavy atom. The van der Waals surface area contributed by atoms with Crippen LogP contribution in [0.3, 0.4) is 0 Å². The van der Waals surface area contributed by atoms with E-state index >= 15 is 0 Å². The van der Waals surface area contributed by atoms with Gasteiger partial charge in [0.1, 0.15) is 5.75 Å². The van der Waals surface area contributed by atoms with E-state index < -0.39 is 11.8 Å². The number of ether oxygens (including phenoxy) is 2. The standard InChI is InChI=1S/C24H27BrN4O5/c1-15-8-16(2)10-19(9-15)28-22(30)14-34-21-6-5-18(25)11-17(21)12-27-29-24(32)23(31)26-13-20-4-3-7-33-20/h5-6,8-12,20H,3-4,7,13-14H2,1-2H3,(H,26,31)(H,28,30)(H,29,32)/b27-12-/t20-/m1/s1. The zero-order valence-corrected chi connectivity index (χ0v) is 20.6. The van der Waals surface area contributed by atoms with Crippen LogP contribution in [0.1, 0.15) is 29.5 Å². The van der Waals surface area contributed by atoms with E-state index in [1.165, 1.54) is 6.21 Å². The Balaban J connectivity index is 1.53. The van der Waals surface area contributed by atoms with E-state index in [4.69, 9.17) is 9.47 Å². The normalized spacial score (nSPS) is 15.2. The predicted molar refractivity (Wildman–Crippen MR) is 132 cm³/mol. The molecule has 1 atom stereocenters. The van der Waals surface area contributed by atoms with Gasteiger partial charge in [-0.3, -0.25) is 14.4 Å². The van der Waals surface area contributed by atoms with Crippen LogP contribution in [0.2, 0.25) is 0 Å². The molecular formula is C24H27BrN4O5. The van der Waals surface area contributed by atoms with E-state index in [0.29, 0.717) is 23.6 Å². The molecule has 0 radical (unpaired) electrons. The summed E-state index contributed by atoms with van der Waals surface area (Å²) in [5.41, 5.74) is 5.49. The molecule has 3 N–H and O–H groups in total. The van der Waals surface area contributed by atoms with Crippen molar-refractivity contribution in [3.8, 4) is 5.75 Å². The number of anilines is 1. The topological polar surface area (TPSA) is 118 Å². The maximum atomic E-state index is 12.3. The van der Waals surface area contributed by atoms with Crippen molar-refractivity contribution in [2.75, 3.05) is 25.1 Å². The number of carbonyl (C=O) groups is 3. The van der Waals surface area contributed by atoms with Crippen molar-refractivity contribution >= 4 is 45.6 Å². The van der Waals surface area contributed by atoms with Gasteiger partial charge in [0.25, 0.3) is 5.91 Å². The van der Waals surface area contributed by atoms with E-state index in [9.17, 15) is 14.4 Å². The van der Waals surface area contributed by atoms with Gasteiger partial charge in [-0.15, -0.1) is 0 Å². The summed E-state index contributed by atoms with van der Waals surface area (Å²) in [6, 6.07) is 10.9. The highest BCUT2D eigenvalue weighted by Gasteiger charge is 2.19. The highest BCUT2D eigenvalue weighted by molar-refractivity contribution is 9.10. The molecule has 0 saturated carbocycles. The lowest BCUT2D eigenvalue weighted by Gasteiger charge is -2.11. The van der Waals surface area contributed by atoms with Crippen LogP contribution in [0.4, 0.5) is 5.69 Å².